The summed E-state index contributed by atoms with van der Waals surface area (Å²) < 4.78 is 1.06. The van der Waals surface area contributed by atoms with Crippen LogP contribution in [-0.4, -0.2) is 5.78 Å². The molecule has 2 nitrogen and oxygen atoms in total. The largest absolute Gasteiger partial charge is 0.323 e. The topological polar surface area (TPSA) is 43.1 Å². The smallest absolute Gasteiger partial charge is 0.129 e. The number of halogens is 1. The Kier molecular flexibility index (Phi) is 4.09. The molecule has 4 heteroatoms. The van der Waals surface area contributed by atoms with Gasteiger partial charge in [-0.1, -0.05) is 0 Å². The van der Waals surface area contributed by atoms with Gasteiger partial charge in [-0.3, -0.25) is 0 Å². The standard InChI is InChI=1S/C9H12BrNOS/c1-6(12)2-3-8(11)9-4-7(10)5-13-9/h4-5,8H,2-3,11H2,1H3. The normalized spacial score (nSPS) is 12.8. The number of Topliss-reactive ketones (excluding diaryl/α,β-unsaturated/α-hetero) is 1. The summed E-state index contributed by atoms with van der Waals surface area (Å²) in [6, 6.07) is 2.01. The van der Waals surface area contributed by atoms with E-state index in [1.54, 1.807) is 18.3 Å². The van der Waals surface area contributed by atoms with Crippen LogP contribution >= 0.6 is 27.3 Å². The second kappa shape index (κ2) is 4.88. The molecule has 1 heterocycles. The first-order valence-corrected chi connectivity index (χ1v) is 5.76. The number of rotatable bonds is 4. The van der Waals surface area contributed by atoms with Crippen LogP contribution in [0.2, 0.25) is 0 Å². The minimum absolute atomic E-state index is 0.000185. The molecule has 72 valence electrons. The Hall–Kier alpha value is -0.190. The SMILES string of the molecule is CC(=O)CCC(N)c1cc(Br)cs1. The molecule has 0 aliphatic rings. The molecule has 1 aromatic heterocycles. The molecule has 0 aromatic carbocycles. The summed E-state index contributed by atoms with van der Waals surface area (Å²) in [4.78, 5) is 11.9. The number of hydrogen-bond donors (Lipinski definition) is 1. The van der Waals surface area contributed by atoms with Crippen LogP contribution in [-0.2, 0) is 4.79 Å². The van der Waals surface area contributed by atoms with E-state index in [1.807, 2.05) is 11.4 Å². The molecular weight excluding hydrogens is 250 g/mol. The maximum absolute atomic E-state index is 10.7. The van der Waals surface area contributed by atoms with Crippen molar-refractivity contribution in [3.8, 4) is 0 Å². The zero-order chi connectivity index (χ0) is 9.84. The molecule has 0 saturated heterocycles. The van der Waals surface area contributed by atoms with E-state index in [4.69, 9.17) is 5.73 Å². The predicted molar refractivity (Wildman–Crippen MR) is 58.9 cm³/mol. The fourth-order valence-corrected chi connectivity index (χ4v) is 2.51. The van der Waals surface area contributed by atoms with Crippen LogP contribution in [0.1, 0.15) is 30.7 Å². The Labute approximate surface area is 90.3 Å². The monoisotopic (exact) mass is 261 g/mol. The summed E-state index contributed by atoms with van der Waals surface area (Å²) in [6.45, 7) is 1.59. The quantitative estimate of drug-likeness (QED) is 0.906. The average Bonchev–Trinajstić information content (AvgIpc) is 2.47. The second-order valence-electron chi connectivity index (χ2n) is 3.01. The first kappa shape index (κ1) is 10.9. The number of thiophene rings is 1. The van der Waals surface area contributed by atoms with Crippen LogP contribution in [0.4, 0.5) is 0 Å². The van der Waals surface area contributed by atoms with Crippen LogP contribution in [0.15, 0.2) is 15.9 Å². The second-order valence-corrected chi connectivity index (χ2v) is 4.87. The summed E-state index contributed by atoms with van der Waals surface area (Å²) in [5.41, 5.74) is 5.89. The van der Waals surface area contributed by atoms with E-state index in [-0.39, 0.29) is 11.8 Å². The highest BCUT2D eigenvalue weighted by Gasteiger charge is 2.09. The van der Waals surface area contributed by atoms with Crippen molar-refractivity contribution in [2.24, 2.45) is 5.73 Å². The first-order chi connectivity index (χ1) is 6.09. The van der Waals surface area contributed by atoms with Gasteiger partial charge in [0.05, 0.1) is 0 Å². The molecule has 0 bridgehead atoms. The van der Waals surface area contributed by atoms with Crippen molar-refractivity contribution in [1.29, 1.82) is 0 Å². The van der Waals surface area contributed by atoms with Gasteiger partial charge < -0.3 is 10.5 Å². The predicted octanol–water partition coefficient (Wildman–Crippen LogP) is 2.88. The number of carbonyl (C=O) groups is 1. The van der Waals surface area contributed by atoms with Crippen molar-refractivity contribution in [2.75, 3.05) is 0 Å². The summed E-state index contributed by atoms with van der Waals surface area (Å²) in [5.74, 6) is 0.200. The highest BCUT2D eigenvalue weighted by atomic mass is 79.9. The van der Waals surface area contributed by atoms with E-state index < -0.39 is 0 Å². The molecule has 13 heavy (non-hydrogen) atoms. The van der Waals surface area contributed by atoms with E-state index in [2.05, 4.69) is 15.9 Å². The molecule has 0 fully saturated rings. The lowest BCUT2D eigenvalue weighted by Crippen LogP contribution is -2.09. The van der Waals surface area contributed by atoms with E-state index >= 15 is 0 Å². The highest BCUT2D eigenvalue weighted by Crippen LogP contribution is 2.26. The van der Waals surface area contributed by atoms with Crippen molar-refractivity contribution in [3.05, 3.63) is 20.8 Å². The van der Waals surface area contributed by atoms with Gasteiger partial charge in [-0.05, 0) is 35.3 Å². The molecule has 1 aromatic rings. The van der Waals surface area contributed by atoms with Crippen LogP contribution < -0.4 is 5.73 Å². The summed E-state index contributed by atoms with van der Waals surface area (Å²) in [5, 5.41) is 2.00. The Balaban J connectivity index is 2.48. The highest BCUT2D eigenvalue weighted by molar-refractivity contribution is 9.10. The van der Waals surface area contributed by atoms with Crippen molar-refractivity contribution in [2.45, 2.75) is 25.8 Å². The number of ketones is 1. The summed E-state index contributed by atoms with van der Waals surface area (Å²) >= 11 is 4.99. The molecule has 0 amide bonds. The molecule has 0 radical (unpaired) electrons. The Morgan fingerprint density at radius 1 is 1.77 bits per heavy atom. The molecule has 1 rings (SSSR count). The third kappa shape index (κ3) is 3.58. The zero-order valence-electron chi connectivity index (χ0n) is 7.42. The van der Waals surface area contributed by atoms with Gasteiger partial charge in [0.2, 0.25) is 0 Å². The van der Waals surface area contributed by atoms with Gasteiger partial charge in [0.15, 0.2) is 0 Å². The summed E-state index contributed by atoms with van der Waals surface area (Å²) in [7, 11) is 0. The van der Waals surface area contributed by atoms with Crippen LogP contribution in [0.3, 0.4) is 0 Å². The minimum atomic E-state index is 0.000185. The zero-order valence-corrected chi connectivity index (χ0v) is 9.82. The maximum Gasteiger partial charge on any atom is 0.129 e. The third-order valence-electron chi connectivity index (χ3n) is 1.76. The number of hydrogen-bond acceptors (Lipinski definition) is 3. The first-order valence-electron chi connectivity index (χ1n) is 4.08. The van der Waals surface area contributed by atoms with Gasteiger partial charge >= 0.3 is 0 Å². The fraction of sp³-hybridized carbons (Fsp3) is 0.444. The Morgan fingerprint density at radius 2 is 2.46 bits per heavy atom. The minimum Gasteiger partial charge on any atom is -0.323 e. The van der Waals surface area contributed by atoms with Gasteiger partial charge in [0.25, 0.3) is 0 Å². The molecule has 0 aliphatic heterocycles. The van der Waals surface area contributed by atoms with E-state index in [1.165, 1.54) is 0 Å². The van der Waals surface area contributed by atoms with Crippen molar-refractivity contribution in [1.82, 2.24) is 0 Å². The van der Waals surface area contributed by atoms with Gasteiger partial charge in [0, 0.05) is 27.2 Å². The van der Waals surface area contributed by atoms with Crippen molar-refractivity contribution in [3.63, 3.8) is 0 Å². The lowest BCUT2D eigenvalue weighted by Gasteiger charge is -2.06. The molecule has 0 saturated carbocycles. The molecule has 1 atom stereocenters. The van der Waals surface area contributed by atoms with Gasteiger partial charge in [-0.2, -0.15) is 0 Å². The van der Waals surface area contributed by atoms with Gasteiger partial charge in [-0.15, -0.1) is 11.3 Å². The van der Waals surface area contributed by atoms with Crippen LogP contribution in [0, 0.1) is 0 Å². The van der Waals surface area contributed by atoms with Crippen molar-refractivity contribution < 1.29 is 4.79 Å². The number of nitrogens with two attached hydrogens (primary N) is 1. The Bertz CT molecular complexity index is 298. The molecule has 0 aliphatic carbocycles. The van der Waals surface area contributed by atoms with E-state index in [9.17, 15) is 4.79 Å². The summed E-state index contributed by atoms with van der Waals surface area (Å²) in [6.07, 6.45) is 1.30. The maximum atomic E-state index is 10.7. The molecule has 0 spiro atoms. The lowest BCUT2D eigenvalue weighted by atomic mass is 10.1. The van der Waals surface area contributed by atoms with E-state index in [0.717, 1.165) is 15.8 Å². The lowest BCUT2D eigenvalue weighted by molar-refractivity contribution is -0.117. The van der Waals surface area contributed by atoms with Crippen LogP contribution in [0.25, 0.3) is 0 Å². The Morgan fingerprint density at radius 3 is 2.92 bits per heavy atom. The van der Waals surface area contributed by atoms with Gasteiger partial charge in [0.1, 0.15) is 5.78 Å². The van der Waals surface area contributed by atoms with Gasteiger partial charge in [-0.25, -0.2) is 0 Å². The third-order valence-corrected chi connectivity index (χ3v) is 3.59. The number of carbonyl (C=O) groups excluding carboxylic acids is 1. The molecule has 2 N–H and O–H groups in total. The van der Waals surface area contributed by atoms with Crippen molar-refractivity contribution >= 4 is 33.0 Å². The van der Waals surface area contributed by atoms with Crippen LogP contribution in [0.5, 0.6) is 0 Å². The fourth-order valence-electron chi connectivity index (χ4n) is 1.02. The molecule has 1 unspecified atom stereocenters. The molecular formula is C9H12BrNOS. The van der Waals surface area contributed by atoms with E-state index in [0.29, 0.717) is 6.42 Å². The average molecular weight is 262 g/mol.